The van der Waals surface area contributed by atoms with E-state index < -0.39 is 0 Å². The third-order valence-electron chi connectivity index (χ3n) is 5.04. The van der Waals surface area contributed by atoms with Gasteiger partial charge in [0.05, 0.1) is 6.54 Å². The number of guanidine groups is 1. The highest BCUT2D eigenvalue weighted by Gasteiger charge is 2.38. The van der Waals surface area contributed by atoms with E-state index in [4.69, 9.17) is 4.52 Å². The van der Waals surface area contributed by atoms with Crippen molar-refractivity contribution < 1.29 is 4.52 Å². The number of aromatic nitrogens is 2. The van der Waals surface area contributed by atoms with E-state index in [1.165, 1.54) is 37.9 Å². The van der Waals surface area contributed by atoms with Crippen molar-refractivity contribution in [2.75, 3.05) is 25.9 Å². The summed E-state index contributed by atoms with van der Waals surface area (Å²) in [6.07, 6.45) is 6.80. The van der Waals surface area contributed by atoms with Crippen LogP contribution in [0.25, 0.3) is 0 Å². The Hall–Kier alpha value is -0.510. The normalized spacial score (nSPS) is 20.8. The minimum Gasteiger partial charge on any atom is -0.349 e. The van der Waals surface area contributed by atoms with E-state index in [9.17, 15) is 0 Å². The third-order valence-corrected chi connectivity index (χ3v) is 6.58. The number of halogens is 1. The van der Waals surface area contributed by atoms with Crippen LogP contribution in [0.15, 0.2) is 9.52 Å². The molecule has 0 unspecified atom stereocenters. The van der Waals surface area contributed by atoms with Gasteiger partial charge in [0.15, 0.2) is 11.8 Å². The highest BCUT2D eigenvalue weighted by atomic mass is 127. The number of hydrogen-bond acceptors (Lipinski definition) is 5. The lowest BCUT2D eigenvalue weighted by Gasteiger charge is -2.45. The van der Waals surface area contributed by atoms with Crippen LogP contribution in [0.5, 0.6) is 0 Å². The molecular weight excluding hydrogens is 461 g/mol. The predicted molar refractivity (Wildman–Crippen MR) is 118 cm³/mol. The number of nitrogens with one attached hydrogen (secondary N) is 1. The van der Waals surface area contributed by atoms with Gasteiger partial charge in [0, 0.05) is 36.1 Å². The SMILES string of the molecule is CN=C(NCc1noc(C(C)(C)C)n1)N1CCSC2(CCCCC2)C1.I. The first-order valence-electron chi connectivity index (χ1n) is 9.34. The lowest BCUT2D eigenvalue weighted by molar-refractivity contribution is 0.292. The first-order chi connectivity index (χ1) is 11.9. The van der Waals surface area contributed by atoms with Gasteiger partial charge < -0.3 is 14.7 Å². The summed E-state index contributed by atoms with van der Waals surface area (Å²) >= 11 is 2.17. The average Bonchev–Trinajstić information content (AvgIpc) is 3.06. The Kier molecular flexibility index (Phi) is 7.64. The third kappa shape index (κ3) is 5.27. The molecule has 0 aromatic carbocycles. The molecule has 26 heavy (non-hydrogen) atoms. The van der Waals surface area contributed by atoms with Crippen molar-refractivity contribution in [1.29, 1.82) is 0 Å². The Labute approximate surface area is 178 Å². The molecule has 1 N–H and O–H groups in total. The summed E-state index contributed by atoms with van der Waals surface area (Å²) in [5, 5.41) is 7.51. The van der Waals surface area contributed by atoms with Crippen LogP contribution >= 0.6 is 35.7 Å². The Morgan fingerprint density at radius 3 is 2.65 bits per heavy atom. The summed E-state index contributed by atoms with van der Waals surface area (Å²) in [6, 6.07) is 0. The maximum atomic E-state index is 5.37. The molecule has 1 saturated heterocycles. The average molecular weight is 493 g/mol. The predicted octanol–water partition coefficient (Wildman–Crippen LogP) is 3.81. The molecule has 2 heterocycles. The topological polar surface area (TPSA) is 66.5 Å². The summed E-state index contributed by atoms with van der Waals surface area (Å²) in [4.78, 5) is 11.4. The lowest BCUT2D eigenvalue weighted by Crippen LogP contribution is -2.53. The zero-order valence-corrected chi connectivity index (χ0v) is 19.5. The molecule has 1 aromatic heterocycles. The second-order valence-corrected chi connectivity index (χ2v) is 9.74. The molecule has 0 radical (unpaired) electrons. The van der Waals surface area contributed by atoms with Crippen molar-refractivity contribution in [2.24, 2.45) is 4.99 Å². The molecule has 1 aliphatic heterocycles. The van der Waals surface area contributed by atoms with E-state index in [-0.39, 0.29) is 29.4 Å². The molecule has 1 spiro atoms. The molecule has 2 aliphatic rings. The second kappa shape index (κ2) is 9.12. The van der Waals surface area contributed by atoms with Crippen molar-refractivity contribution in [2.45, 2.75) is 69.6 Å². The molecule has 1 aliphatic carbocycles. The van der Waals surface area contributed by atoms with Crippen LogP contribution in [0, 0.1) is 0 Å². The highest BCUT2D eigenvalue weighted by Crippen LogP contribution is 2.42. The van der Waals surface area contributed by atoms with Gasteiger partial charge in [-0.3, -0.25) is 4.99 Å². The number of thioether (sulfide) groups is 1. The Morgan fingerprint density at radius 1 is 1.31 bits per heavy atom. The number of nitrogens with zero attached hydrogens (tertiary/aromatic N) is 4. The fraction of sp³-hybridized carbons (Fsp3) is 0.833. The second-order valence-electron chi connectivity index (χ2n) is 8.18. The summed E-state index contributed by atoms with van der Waals surface area (Å²) < 4.78 is 5.80. The van der Waals surface area contributed by atoms with Gasteiger partial charge in [0.1, 0.15) is 0 Å². The van der Waals surface area contributed by atoms with E-state index in [0.29, 0.717) is 23.0 Å². The quantitative estimate of drug-likeness (QED) is 0.384. The Bertz CT molecular complexity index is 601. The van der Waals surface area contributed by atoms with E-state index in [1.54, 1.807) is 0 Å². The minimum atomic E-state index is -0.121. The molecule has 0 bridgehead atoms. The van der Waals surface area contributed by atoms with Crippen molar-refractivity contribution in [3.8, 4) is 0 Å². The number of aliphatic imine (C=N–C) groups is 1. The summed E-state index contributed by atoms with van der Waals surface area (Å²) in [5.74, 6) is 3.49. The fourth-order valence-electron chi connectivity index (χ4n) is 3.65. The van der Waals surface area contributed by atoms with Gasteiger partial charge in [-0.15, -0.1) is 24.0 Å². The van der Waals surface area contributed by atoms with Crippen molar-refractivity contribution in [1.82, 2.24) is 20.4 Å². The van der Waals surface area contributed by atoms with Gasteiger partial charge in [-0.25, -0.2) is 0 Å². The molecule has 6 nitrogen and oxygen atoms in total. The minimum absolute atomic E-state index is 0. The first kappa shape index (κ1) is 21.8. The summed E-state index contributed by atoms with van der Waals surface area (Å²) in [6.45, 7) is 8.91. The molecule has 0 atom stereocenters. The smallest absolute Gasteiger partial charge is 0.232 e. The zero-order valence-electron chi connectivity index (χ0n) is 16.4. The monoisotopic (exact) mass is 493 g/mol. The fourth-order valence-corrected chi connectivity index (χ4v) is 5.21. The van der Waals surface area contributed by atoms with Gasteiger partial charge in [-0.05, 0) is 12.8 Å². The van der Waals surface area contributed by atoms with Crippen molar-refractivity contribution in [3.05, 3.63) is 11.7 Å². The summed E-state index contributed by atoms with van der Waals surface area (Å²) in [5.41, 5.74) is -0.121. The number of rotatable bonds is 2. The van der Waals surface area contributed by atoms with Gasteiger partial charge in [0.2, 0.25) is 5.89 Å². The molecule has 1 aromatic rings. The van der Waals surface area contributed by atoms with Crippen LogP contribution < -0.4 is 5.32 Å². The first-order valence-corrected chi connectivity index (χ1v) is 10.3. The van der Waals surface area contributed by atoms with Gasteiger partial charge in [-0.2, -0.15) is 16.7 Å². The van der Waals surface area contributed by atoms with Crippen LogP contribution in [0.2, 0.25) is 0 Å². The molecule has 3 rings (SSSR count). The van der Waals surface area contributed by atoms with Crippen LogP contribution in [-0.2, 0) is 12.0 Å². The Morgan fingerprint density at radius 2 is 2.04 bits per heavy atom. The highest BCUT2D eigenvalue weighted by molar-refractivity contribution is 14.0. The van der Waals surface area contributed by atoms with Gasteiger partial charge in [-0.1, -0.05) is 45.2 Å². The van der Waals surface area contributed by atoms with E-state index in [2.05, 4.69) is 57.9 Å². The van der Waals surface area contributed by atoms with E-state index >= 15 is 0 Å². The van der Waals surface area contributed by atoms with Crippen molar-refractivity contribution >= 4 is 41.7 Å². The van der Waals surface area contributed by atoms with E-state index in [1.807, 2.05) is 7.05 Å². The molecule has 8 heteroatoms. The largest absolute Gasteiger partial charge is 0.349 e. The van der Waals surface area contributed by atoms with Crippen LogP contribution in [0.3, 0.4) is 0 Å². The lowest BCUT2D eigenvalue weighted by atomic mass is 9.87. The zero-order chi connectivity index (χ0) is 17.9. The summed E-state index contributed by atoms with van der Waals surface area (Å²) in [7, 11) is 1.86. The van der Waals surface area contributed by atoms with Crippen LogP contribution in [0.4, 0.5) is 0 Å². The van der Waals surface area contributed by atoms with Gasteiger partial charge >= 0.3 is 0 Å². The van der Waals surface area contributed by atoms with E-state index in [0.717, 1.165) is 19.0 Å². The number of hydrogen-bond donors (Lipinski definition) is 1. The van der Waals surface area contributed by atoms with Crippen LogP contribution in [0.1, 0.15) is 64.6 Å². The maximum Gasteiger partial charge on any atom is 0.232 e. The molecule has 148 valence electrons. The molecule has 0 amide bonds. The van der Waals surface area contributed by atoms with Crippen LogP contribution in [-0.4, -0.2) is 51.6 Å². The molecule has 2 fully saturated rings. The van der Waals surface area contributed by atoms with Crippen molar-refractivity contribution in [3.63, 3.8) is 0 Å². The van der Waals surface area contributed by atoms with Gasteiger partial charge in [0.25, 0.3) is 0 Å². The molecular formula is C18H32IN5OS. The Balaban J connectivity index is 0.00000243. The maximum absolute atomic E-state index is 5.37. The standard InChI is InChI=1S/C18H31N5OS.HI/c1-17(2,3)15-21-14(22-24-15)12-20-16(19-4)23-10-11-25-18(13-23)8-6-5-7-9-18;/h5-13H2,1-4H3,(H,19,20);1H. The molecule has 1 saturated carbocycles.